The summed E-state index contributed by atoms with van der Waals surface area (Å²) in [6, 6.07) is 7.97. The molecule has 1 heterocycles. The molecule has 0 spiro atoms. The molecule has 2 rings (SSSR count). The van der Waals surface area contributed by atoms with E-state index in [0.717, 1.165) is 18.2 Å². The molecule has 0 bridgehead atoms. The zero-order chi connectivity index (χ0) is 13.8. The highest BCUT2D eigenvalue weighted by molar-refractivity contribution is 5.95. The Balaban J connectivity index is 2.62. The summed E-state index contributed by atoms with van der Waals surface area (Å²) < 4.78 is 26.8. The van der Waals surface area contributed by atoms with Crippen LogP contribution in [0, 0.1) is 23.0 Å². The van der Waals surface area contributed by atoms with Gasteiger partial charge in [0.25, 0.3) is 0 Å². The normalized spacial score (nSPS) is 11.6. The fourth-order valence-electron chi connectivity index (χ4n) is 1.64. The lowest BCUT2D eigenvalue weighted by atomic mass is 10.0. The Morgan fingerprint density at radius 2 is 1.84 bits per heavy atom. The van der Waals surface area contributed by atoms with Crippen LogP contribution in [0.3, 0.4) is 0 Å². The summed E-state index contributed by atoms with van der Waals surface area (Å²) in [5.74, 6) is -1.30. The van der Waals surface area contributed by atoms with Gasteiger partial charge >= 0.3 is 0 Å². The van der Waals surface area contributed by atoms with Crippen molar-refractivity contribution in [2.45, 2.75) is 0 Å². The quantitative estimate of drug-likeness (QED) is 0.841. The third-order valence-electron chi connectivity index (χ3n) is 2.57. The first-order valence-corrected chi connectivity index (χ1v) is 5.39. The molecule has 0 fully saturated rings. The highest BCUT2D eigenvalue weighted by Crippen LogP contribution is 2.24. The van der Waals surface area contributed by atoms with Crippen LogP contribution < -0.4 is 5.73 Å². The summed E-state index contributed by atoms with van der Waals surface area (Å²) >= 11 is 0. The predicted octanol–water partition coefficient (Wildman–Crippen LogP) is 2.71. The van der Waals surface area contributed by atoms with Crippen LogP contribution in [0.1, 0.15) is 11.1 Å². The fraction of sp³-hybridized carbons (Fsp3) is 0. The van der Waals surface area contributed by atoms with Crippen LogP contribution in [-0.4, -0.2) is 4.98 Å². The molecule has 19 heavy (non-hydrogen) atoms. The van der Waals surface area contributed by atoms with Gasteiger partial charge in [-0.25, -0.2) is 8.78 Å². The Morgan fingerprint density at radius 3 is 2.47 bits per heavy atom. The molecular weight excluding hydrogens is 248 g/mol. The zero-order valence-corrected chi connectivity index (χ0v) is 9.77. The molecule has 0 aliphatic heterocycles. The standard InChI is InChI=1S/C14H9F2N3/c15-10-1-2-13(16)11(7-10)14(18)12(8-17)9-3-5-19-6-4-9/h1-7H,18H2/b14-12-. The van der Waals surface area contributed by atoms with Crippen LogP contribution in [0.5, 0.6) is 0 Å². The first-order chi connectivity index (χ1) is 9.13. The smallest absolute Gasteiger partial charge is 0.132 e. The van der Waals surface area contributed by atoms with Crippen molar-refractivity contribution in [3.63, 3.8) is 0 Å². The SMILES string of the molecule is N#C/C(=C(/N)c1cc(F)ccc1F)c1ccncc1. The fourth-order valence-corrected chi connectivity index (χ4v) is 1.64. The number of halogens is 2. The highest BCUT2D eigenvalue weighted by atomic mass is 19.1. The number of rotatable bonds is 2. The first-order valence-electron chi connectivity index (χ1n) is 5.39. The van der Waals surface area contributed by atoms with Crippen molar-refractivity contribution >= 4 is 11.3 Å². The lowest BCUT2D eigenvalue weighted by Gasteiger charge is -2.07. The molecule has 1 aromatic heterocycles. The van der Waals surface area contributed by atoms with Gasteiger partial charge in [0.05, 0.1) is 11.3 Å². The monoisotopic (exact) mass is 257 g/mol. The van der Waals surface area contributed by atoms with Crippen molar-refractivity contribution in [2.24, 2.45) is 5.73 Å². The lowest BCUT2D eigenvalue weighted by Crippen LogP contribution is -2.03. The van der Waals surface area contributed by atoms with Crippen molar-refractivity contribution in [3.8, 4) is 6.07 Å². The van der Waals surface area contributed by atoms with Gasteiger partial charge in [0.1, 0.15) is 17.7 Å². The van der Waals surface area contributed by atoms with Gasteiger partial charge < -0.3 is 5.73 Å². The van der Waals surface area contributed by atoms with Crippen molar-refractivity contribution in [1.82, 2.24) is 4.98 Å². The number of nitrogens with two attached hydrogens (primary N) is 1. The molecule has 2 aromatic rings. The van der Waals surface area contributed by atoms with Crippen molar-refractivity contribution in [2.75, 3.05) is 0 Å². The second-order valence-corrected chi connectivity index (χ2v) is 3.76. The lowest BCUT2D eigenvalue weighted by molar-refractivity contribution is 0.597. The molecule has 0 unspecified atom stereocenters. The van der Waals surface area contributed by atoms with E-state index in [9.17, 15) is 8.78 Å². The molecule has 0 aliphatic carbocycles. The van der Waals surface area contributed by atoms with E-state index in [2.05, 4.69) is 4.98 Å². The van der Waals surface area contributed by atoms with Crippen LogP contribution in [-0.2, 0) is 0 Å². The largest absolute Gasteiger partial charge is 0.397 e. The zero-order valence-electron chi connectivity index (χ0n) is 9.77. The molecule has 0 saturated carbocycles. The molecule has 0 aliphatic rings. The molecule has 0 saturated heterocycles. The number of hydrogen-bond donors (Lipinski definition) is 1. The summed E-state index contributed by atoms with van der Waals surface area (Å²) in [6.45, 7) is 0. The maximum Gasteiger partial charge on any atom is 0.132 e. The molecule has 0 atom stereocenters. The molecular formula is C14H9F2N3. The third kappa shape index (κ3) is 2.58. The van der Waals surface area contributed by atoms with Gasteiger partial charge in [-0.3, -0.25) is 4.98 Å². The number of nitrogens with zero attached hydrogens (tertiary/aromatic N) is 2. The van der Waals surface area contributed by atoms with Crippen LogP contribution in [0.4, 0.5) is 8.78 Å². The van der Waals surface area contributed by atoms with Gasteiger partial charge in [0.15, 0.2) is 0 Å². The molecule has 94 valence electrons. The molecule has 0 amide bonds. The summed E-state index contributed by atoms with van der Waals surface area (Å²) in [5, 5.41) is 9.15. The minimum atomic E-state index is -0.680. The highest BCUT2D eigenvalue weighted by Gasteiger charge is 2.13. The molecule has 1 aromatic carbocycles. The molecule has 3 nitrogen and oxygen atoms in total. The van der Waals surface area contributed by atoms with Gasteiger partial charge in [0.2, 0.25) is 0 Å². The maximum atomic E-state index is 13.6. The Morgan fingerprint density at radius 1 is 1.16 bits per heavy atom. The van der Waals surface area contributed by atoms with E-state index in [1.54, 1.807) is 12.1 Å². The average Bonchev–Trinajstić information content (AvgIpc) is 2.43. The summed E-state index contributed by atoms with van der Waals surface area (Å²) in [5.41, 5.74) is 6.12. The number of hydrogen-bond acceptors (Lipinski definition) is 3. The number of aromatic nitrogens is 1. The van der Waals surface area contributed by atoms with Gasteiger partial charge in [-0.05, 0) is 35.9 Å². The second kappa shape index (κ2) is 5.27. The Labute approximate surface area is 108 Å². The molecule has 5 heteroatoms. The van der Waals surface area contributed by atoms with E-state index in [1.165, 1.54) is 12.4 Å². The van der Waals surface area contributed by atoms with E-state index >= 15 is 0 Å². The van der Waals surface area contributed by atoms with Crippen LogP contribution in [0.2, 0.25) is 0 Å². The van der Waals surface area contributed by atoms with Crippen LogP contribution in [0.25, 0.3) is 11.3 Å². The third-order valence-corrected chi connectivity index (χ3v) is 2.57. The van der Waals surface area contributed by atoms with E-state index < -0.39 is 11.6 Å². The number of benzene rings is 1. The first kappa shape index (κ1) is 12.7. The van der Waals surface area contributed by atoms with E-state index in [-0.39, 0.29) is 16.8 Å². The van der Waals surface area contributed by atoms with Crippen molar-refractivity contribution in [3.05, 3.63) is 65.5 Å². The number of nitriles is 1. The van der Waals surface area contributed by atoms with E-state index in [1.807, 2.05) is 6.07 Å². The van der Waals surface area contributed by atoms with Gasteiger partial charge in [-0.15, -0.1) is 0 Å². The van der Waals surface area contributed by atoms with Crippen LogP contribution in [0.15, 0.2) is 42.7 Å². The number of pyridine rings is 1. The molecule has 0 radical (unpaired) electrons. The average molecular weight is 257 g/mol. The summed E-state index contributed by atoms with van der Waals surface area (Å²) in [6.07, 6.45) is 2.98. The Kier molecular flexibility index (Phi) is 3.53. The second-order valence-electron chi connectivity index (χ2n) is 3.76. The van der Waals surface area contributed by atoms with E-state index in [0.29, 0.717) is 5.56 Å². The maximum absolute atomic E-state index is 13.6. The summed E-state index contributed by atoms with van der Waals surface area (Å²) in [7, 11) is 0. The minimum Gasteiger partial charge on any atom is -0.397 e. The van der Waals surface area contributed by atoms with Crippen LogP contribution >= 0.6 is 0 Å². The van der Waals surface area contributed by atoms with Crippen molar-refractivity contribution in [1.29, 1.82) is 5.26 Å². The van der Waals surface area contributed by atoms with Crippen molar-refractivity contribution < 1.29 is 8.78 Å². The Hall–Kier alpha value is -2.74. The topological polar surface area (TPSA) is 62.7 Å². The molecule has 2 N–H and O–H groups in total. The van der Waals surface area contributed by atoms with E-state index in [4.69, 9.17) is 11.0 Å². The number of allylic oxidation sites excluding steroid dienone is 1. The van der Waals surface area contributed by atoms with Gasteiger partial charge in [-0.2, -0.15) is 5.26 Å². The minimum absolute atomic E-state index is 0.0758. The van der Waals surface area contributed by atoms with Gasteiger partial charge in [-0.1, -0.05) is 0 Å². The predicted molar refractivity (Wildman–Crippen MR) is 67.2 cm³/mol. The van der Waals surface area contributed by atoms with Gasteiger partial charge in [0, 0.05) is 18.0 Å². The Bertz CT molecular complexity index is 673. The summed E-state index contributed by atoms with van der Waals surface area (Å²) in [4.78, 5) is 3.82.